The molecule has 1 N–H and O–H groups in total. The van der Waals surface area contributed by atoms with E-state index in [0.29, 0.717) is 18.8 Å². The number of aryl methyl sites for hydroxylation is 1. The Morgan fingerprint density at radius 2 is 1.94 bits per heavy atom. The van der Waals surface area contributed by atoms with Gasteiger partial charge in [0.2, 0.25) is 0 Å². The number of pyridine rings is 1. The predicted molar refractivity (Wildman–Crippen MR) is 126 cm³/mol. The van der Waals surface area contributed by atoms with Crippen LogP contribution in [0.15, 0.2) is 60.0 Å². The molecular weight excluding hydrogens is 422 g/mol. The van der Waals surface area contributed by atoms with Crippen molar-refractivity contribution in [3.63, 3.8) is 0 Å². The minimum atomic E-state index is -0.282. The molecule has 1 aliphatic rings. The average Bonchev–Trinajstić information content (AvgIpc) is 3.31. The second kappa shape index (κ2) is 10.7. The van der Waals surface area contributed by atoms with Crippen molar-refractivity contribution >= 4 is 17.9 Å². The van der Waals surface area contributed by atoms with E-state index < -0.39 is 0 Å². The van der Waals surface area contributed by atoms with Gasteiger partial charge in [0.1, 0.15) is 5.75 Å². The monoisotopic (exact) mass is 451 g/mol. The highest BCUT2D eigenvalue weighted by atomic mass is 32.2. The molecule has 0 bridgehead atoms. The number of nitrogens with zero attached hydrogens (tertiary/aromatic N) is 4. The SMILES string of the molecule is Cc1cccc(CCN2CCN(C(=O)Oc3ccc(C(C)Sc4ncc[nH]4)cc3)CC2)n1. The fourth-order valence-corrected chi connectivity index (χ4v) is 4.57. The maximum absolute atomic E-state index is 12.6. The number of H-pyrrole nitrogens is 1. The number of rotatable bonds is 7. The standard InChI is InChI=1S/C24H29N5O2S/c1-18-4-3-5-21(27-18)10-13-28-14-16-29(17-15-28)24(30)31-22-8-6-20(7-9-22)19(2)32-23-25-11-12-26-23/h3-9,11-12,19H,10,13-17H2,1-2H3,(H,25,26). The lowest BCUT2D eigenvalue weighted by molar-refractivity contribution is 0.111. The summed E-state index contributed by atoms with van der Waals surface area (Å²) in [5, 5.41) is 1.14. The molecule has 1 aliphatic heterocycles. The summed E-state index contributed by atoms with van der Waals surface area (Å²) >= 11 is 1.66. The van der Waals surface area contributed by atoms with Gasteiger partial charge >= 0.3 is 6.09 Å². The van der Waals surface area contributed by atoms with Crippen LogP contribution in [0, 0.1) is 6.92 Å². The highest BCUT2D eigenvalue weighted by molar-refractivity contribution is 7.99. The highest BCUT2D eigenvalue weighted by Gasteiger charge is 2.22. The molecule has 7 nitrogen and oxygen atoms in total. The topological polar surface area (TPSA) is 74.3 Å². The van der Waals surface area contributed by atoms with Crippen molar-refractivity contribution in [3.05, 3.63) is 71.8 Å². The molecule has 0 spiro atoms. The van der Waals surface area contributed by atoms with Crippen molar-refractivity contribution in [2.75, 3.05) is 32.7 Å². The summed E-state index contributed by atoms with van der Waals surface area (Å²) in [7, 11) is 0. The van der Waals surface area contributed by atoms with Crippen LogP contribution in [-0.4, -0.2) is 63.6 Å². The van der Waals surface area contributed by atoms with Gasteiger partial charge in [0.15, 0.2) is 5.16 Å². The zero-order valence-electron chi connectivity index (χ0n) is 18.5. The van der Waals surface area contributed by atoms with Crippen molar-refractivity contribution in [2.45, 2.75) is 30.7 Å². The molecular formula is C24H29N5O2S. The molecule has 1 amide bonds. The van der Waals surface area contributed by atoms with Gasteiger partial charge in [-0.15, -0.1) is 0 Å². The maximum Gasteiger partial charge on any atom is 0.415 e. The lowest BCUT2D eigenvalue weighted by Crippen LogP contribution is -2.49. The summed E-state index contributed by atoms with van der Waals surface area (Å²) in [6.07, 6.45) is 4.21. The predicted octanol–water partition coefficient (Wildman–Crippen LogP) is 4.33. The first-order valence-electron chi connectivity index (χ1n) is 10.9. The third-order valence-corrected chi connectivity index (χ3v) is 6.65. The van der Waals surface area contributed by atoms with E-state index in [2.05, 4.69) is 38.9 Å². The van der Waals surface area contributed by atoms with Crippen molar-refractivity contribution in [3.8, 4) is 5.75 Å². The van der Waals surface area contributed by atoms with E-state index in [1.54, 1.807) is 22.9 Å². The fraction of sp³-hybridized carbons (Fsp3) is 0.375. The number of aromatic nitrogens is 3. The number of aromatic amines is 1. The fourth-order valence-electron chi connectivity index (χ4n) is 3.69. The molecule has 3 heterocycles. The van der Waals surface area contributed by atoms with Crippen LogP contribution in [0.2, 0.25) is 0 Å². The largest absolute Gasteiger partial charge is 0.415 e. The smallest absolute Gasteiger partial charge is 0.410 e. The molecule has 0 radical (unpaired) electrons. The van der Waals surface area contributed by atoms with E-state index in [1.807, 2.05) is 43.5 Å². The Morgan fingerprint density at radius 3 is 2.62 bits per heavy atom. The van der Waals surface area contributed by atoms with Crippen LogP contribution in [0.5, 0.6) is 5.75 Å². The van der Waals surface area contributed by atoms with Gasteiger partial charge < -0.3 is 14.6 Å². The van der Waals surface area contributed by atoms with Crippen molar-refractivity contribution < 1.29 is 9.53 Å². The number of carbonyl (C=O) groups excluding carboxylic acids is 1. The van der Waals surface area contributed by atoms with E-state index in [-0.39, 0.29) is 11.3 Å². The van der Waals surface area contributed by atoms with Gasteiger partial charge in [-0.2, -0.15) is 0 Å². The molecule has 1 fully saturated rings. The van der Waals surface area contributed by atoms with E-state index in [4.69, 9.17) is 4.74 Å². The zero-order chi connectivity index (χ0) is 22.3. The van der Waals surface area contributed by atoms with Gasteiger partial charge in [-0.3, -0.25) is 9.88 Å². The maximum atomic E-state index is 12.6. The third-order valence-electron chi connectivity index (χ3n) is 5.58. The Balaban J connectivity index is 1.21. The summed E-state index contributed by atoms with van der Waals surface area (Å²) in [4.78, 5) is 28.7. The molecule has 2 aromatic heterocycles. The quantitative estimate of drug-likeness (QED) is 0.539. The molecule has 8 heteroatoms. The van der Waals surface area contributed by atoms with Crippen LogP contribution in [0.25, 0.3) is 0 Å². The first-order chi connectivity index (χ1) is 15.6. The van der Waals surface area contributed by atoms with E-state index >= 15 is 0 Å². The van der Waals surface area contributed by atoms with Crippen LogP contribution in [0.4, 0.5) is 4.79 Å². The minimum Gasteiger partial charge on any atom is -0.410 e. The highest BCUT2D eigenvalue weighted by Crippen LogP contribution is 2.33. The molecule has 0 aliphatic carbocycles. The van der Waals surface area contributed by atoms with Crippen molar-refractivity contribution in [2.24, 2.45) is 0 Å². The lowest BCUT2D eigenvalue weighted by atomic mass is 10.1. The number of imidazole rings is 1. The number of hydrogen-bond acceptors (Lipinski definition) is 6. The summed E-state index contributed by atoms with van der Waals surface area (Å²) in [6.45, 7) is 8.15. The number of benzene rings is 1. The van der Waals surface area contributed by atoms with Gasteiger partial charge in [0.05, 0.1) is 0 Å². The second-order valence-corrected chi connectivity index (χ2v) is 9.27. The molecule has 32 heavy (non-hydrogen) atoms. The van der Waals surface area contributed by atoms with Crippen molar-refractivity contribution in [1.82, 2.24) is 24.8 Å². The molecule has 1 atom stereocenters. The number of carbonyl (C=O) groups is 1. The van der Waals surface area contributed by atoms with Crippen LogP contribution in [0.3, 0.4) is 0 Å². The van der Waals surface area contributed by atoms with E-state index in [0.717, 1.165) is 48.2 Å². The zero-order valence-corrected chi connectivity index (χ0v) is 19.3. The Labute approximate surface area is 193 Å². The molecule has 1 saturated heterocycles. The van der Waals surface area contributed by atoms with E-state index in [1.165, 1.54) is 0 Å². The summed E-state index contributed by atoms with van der Waals surface area (Å²) < 4.78 is 5.61. The van der Waals surface area contributed by atoms with Gasteiger partial charge in [-0.05, 0) is 43.7 Å². The Bertz CT molecular complexity index is 1000. The number of hydrogen-bond donors (Lipinski definition) is 1. The third kappa shape index (κ3) is 6.11. The Morgan fingerprint density at radius 1 is 1.16 bits per heavy atom. The lowest BCUT2D eigenvalue weighted by Gasteiger charge is -2.33. The number of ether oxygens (including phenoxy) is 1. The minimum absolute atomic E-state index is 0.244. The average molecular weight is 452 g/mol. The van der Waals surface area contributed by atoms with Gasteiger partial charge in [0.25, 0.3) is 0 Å². The number of nitrogens with one attached hydrogen (secondary N) is 1. The van der Waals surface area contributed by atoms with Crippen LogP contribution in [-0.2, 0) is 6.42 Å². The summed E-state index contributed by atoms with van der Waals surface area (Å²) in [5.41, 5.74) is 3.32. The van der Waals surface area contributed by atoms with Gasteiger partial charge in [-0.1, -0.05) is 30.0 Å². The molecule has 168 valence electrons. The number of piperazine rings is 1. The molecule has 4 rings (SSSR count). The molecule has 0 saturated carbocycles. The molecule has 1 unspecified atom stereocenters. The summed E-state index contributed by atoms with van der Waals surface area (Å²) in [6, 6.07) is 13.9. The molecule has 3 aromatic rings. The van der Waals surface area contributed by atoms with Crippen LogP contribution in [0.1, 0.15) is 29.1 Å². The van der Waals surface area contributed by atoms with Gasteiger partial charge in [0, 0.05) is 68.2 Å². The van der Waals surface area contributed by atoms with Crippen LogP contribution >= 0.6 is 11.8 Å². The number of thioether (sulfide) groups is 1. The second-order valence-electron chi connectivity index (χ2n) is 7.94. The Hall–Kier alpha value is -2.84. The molecule has 1 aromatic carbocycles. The normalized spacial score (nSPS) is 15.5. The first-order valence-corrected chi connectivity index (χ1v) is 11.8. The van der Waals surface area contributed by atoms with E-state index in [9.17, 15) is 4.79 Å². The Kier molecular flexibility index (Phi) is 7.44. The first kappa shape index (κ1) is 22.4. The van der Waals surface area contributed by atoms with Crippen LogP contribution < -0.4 is 4.74 Å². The number of amides is 1. The van der Waals surface area contributed by atoms with Crippen molar-refractivity contribution in [1.29, 1.82) is 0 Å². The summed E-state index contributed by atoms with van der Waals surface area (Å²) in [5.74, 6) is 0.571. The van der Waals surface area contributed by atoms with Gasteiger partial charge in [-0.25, -0.2) is 9.78 Å².